The molecule has 18 heavy (non-hydrogen) atoms. The average Bonchev–Trinajstić information content (AvgIpc) is 2.64. The van der Waals surface area contributed by atoms with Gasteiger partial charge in [0.15, 0.2) is 0 Å². The molecule has 1 aliphatic heterocycles. The van der Waals surface area contributed by atoms with Gasteiger partial charge in [-0.25, -0.2) is 0 Å². The fourth-order valence-electron chi connectivity index (χ4n) is 1.74. The van der Waals surface area contributed by atoms with E-state index in [4.69, 9.17) is 5.73 Å². The summed E-state index contributed by atoms with van der Waals surface area (Å²) in [6.45, 7) is 4.56. The van der Waals surface area contributed by atoms with Crippen LogP contribution in [0.25, 0.3) is 0 Å². The van der Waals surface area contributed by atoms with Gasteiger partial charge in [0.2, 0.25) is 17.7 Å². The molecule has 1 atom stereocenters. The highest BCUT2D eigenvalue weighted by molar-refractivity contribution is 6.01. The number of nitrogens with two attached hydrogens (primary N) is 1. The van der Waals surface area contributed by atoms with Gasteiger partial charge in [-0.15, -0.1) is 0 Å². The van der Waals surface area contributed by atoms with Crippen molar-refractivity contribution < 1.29 is 14.4 Å². The number of imide groups is 1. The van der Waals surface area contributed by atoms with E-state index in [9.17, 15) is 14.4 Å². The van der Waals surface area contributed by atoms with Crippen molar-refractivity contribution in [2.45, 2.75) is 39.2 Å². The Kier molecular flexibility index (Phi) is 5.27. The first kappa shape index (κ1) is 14.6. The van der Waals surface area contributed by atoms with Gasteiger partial charge in [0.1, 0.15) is 0 Å². The summed E-state index contributed by atoms with van der Waals surface area (Å²) >= 11 is 0. The van der Waals surface area contributed by atoms with Crippen LogP contribution in [0, 0.1) is 5.92 Å². The monoisotopic (exact) mass is 255 g/mol. The summed E-state index contributed by atoms with van der Waals surface area (Å²) in [4.78, 5) is 35.4. The first-order valence-electron chi connectivity index (χ1n) is 6.30. The van der Waals surface area contributed by atoms with Crippen molar-refractivity contribution in [1.82, 2.24) is 10.2 Å². The Hall–Kier alpha value is -1.43. The minimum atomic E-state index is -0.514. The molecule has 0 aromatic carbocycles. The zero-order valence-electron chi connectivity index (χ0n) is 10.9. The molecular formula is C12H21N3O3. The molecular weight excluding hydrogens is 234 g/mol. The molecule has 0 aromatic heterocycles. The summed E-state index contributed by atoms with van der Waals surface area (Å²) in [6.07, 6.45) is 1.18. The van der Waals surface area contributed by atoms with Gasteiger partial charge < -0.3 is 11.1 Å². The molecule has 0 aromatic rings. The molecule has 6 heteroatoms. The van der Waals surface area contributed by atoms with Crippen LogP contribution in [-0.4, -0.2) is 41.8 Å². The smallest absolute Gasteiger partial charge is 0.237 e. The highest BCUT2D eigenvalue weighted by atomic mass is 16.2. The van der Waals surface area contributed by atoms with Crippen LogP contribution < -0.4 is 11.1 Å². The zero-order valence-corrected chi connectivity index (χ0v) is 10.9. The van der Waals surface area contributed by atoms with Gasteiger partial charge in [-0.05, 0) is 12.3 Å². The lowest BCUT2D eigenvalue weighted by Crippen LogP contribution is -2.44. The van der Waals surface area contributed by atoms with E-state index in [2.05, 4.69) is 5.32 Å². The van der Waals surface area contributed by atoms with Gasteiger partial charge in [-0.1, -0.05) is 13.8 Å². The number of carbonyl (C=O) groups is 3. The van der Waals surface area contributed by atoms with Crippen molar-refractivity contribution in [1.29, 1.82) is 0 Å². The molecule has 0 unspecified atom stereocenters. The SMILES string of the molecule is CC(C)[C@H](N)C(=O)NCCCN1C(=O)CCC1=O. The van der Waals surface area contributed by atoms with Crippen LogP contribution in [0.4, 0.5) is 0 Å². The van der Waals surface area contributed by atoms with Crippen molar-refractivity contribution >= 4 is 17.7 Å². The molecule has 0 spiro atoms. The van der Waals surface area contributed by atoms with Crippen molar-refractivity contribution in [2.24, 2.45) is 11.7 Å². The van der Waals surface area contributed by atoms with Crippen LogP contribution in [0.15, 0.2) is 0 Å². The standard InChI is InChI=1S/C12H21N3O3/c1-8(2)11(13)12(18)14-6-3-7-15-9(16)4-5-10(15)17/h8,11H,3-7,13H2,1-2H3,(H,14,18)/t11-/m0/s1. The number of nitrogens with zero attached hydrogens (tertiary/aromatic N) is 1. The zero-order chi connectivity index (χ0) is 13.7. The third kappa shape index (κ3) is 3.80. The molecule has 0 saturated carbocycles. The van der Waals surface area contributed by atoms with Gasteiger partial charge in [-0.2, -0.15) is 0 Å². The Balaban J connectivity index is 2.21. The molecule has 1 saturated heterocycles. The Bertz CT molecular complexity index is 325. The Morgan fingerprint density at radius 3 is 2.39 bits per heavy atom. The van der Waals surface area contributed by atoms with Crippen LogP contribution in [0.5, 0.6) is 0 Å². The first-order chi connectivity index (χ1) is 8.43. The molecule has 0 radical (unpaired) electrons. The lowest BCUT2D eigenvalue weighted by atomic mass is 10.1. The molecule has 1 fully saturated rings. The van der Waals surface area contributed by atoms with Crippen LogP contribution in [0.1, 0.15) is 33.1 Å². The minimum absolute atomic E-state index is 0.0896. The van der Waals surface area contributed by atoms with Gasteiger partial charge >= 0.3 is 0 Å². The summed E-state index contributed by atoms with van der Waals surface area (Å²) in [5.41, 5.74) is 5.68. The third-order valence-electron chi connectivity index (χ3n) is 3.03. The Labute approximate surface area is 107 Å². The maximum Gasteiger partial charge on any atom is 0.237 e. The fraction of sp³-hybridized carbons (Fsp3) is 0.750. The number of hydrogen-bond acceptors (Lipinski definition) is 4. The number of rotatable bonds is 6. The predicted octanol–water partition coefficient (Wildman–Crippen LogP) is -0.375. The second-order valence-electron chi connectivity index (χ2n) is 4.85. The molecule has 6 nitrogen and oxygen atoms in total. The highest BCUT2D eigenvalue weighted by Gasteiger charge is 2.28. The minimum Gasteiger partial charge on any atom is -0.355 e. The van der Waals surface area contributed by atoms with Crippen LogP contribution in [0.3, 0.4) is 0 Å². The van der Waals surface area contributed by atoms with E-state index in [1.165, 1.54) is 4.90 Å². The molecule has 3 N–H and O–H groups in total. The number of amides is 3. The summed E-state index contributed by atoms with van der Waals surface area (Å²) in [6, 6.07) is -0.514. The maximum absolute atomic E-state index is 11.5. The molecule has 0 bridgehead atoms. The molecule has 1 heterocycles. The van der Waals surface area contributed by atoms with Crippen molar-refractivity contribution in [2.75, 3.05) is 13.1 Å². The van der Waals surface area contributed by atoms with Gasteiger partial charge in [0.05, 0.1) is 6.04 Å². The van der Waals surface area contributed by atoms with Crippen LogP contribution >= 0.6 is 0 Å². The molecule has 102 valence electrons. The Morgan fingerprint density at radius 2 is 1.89 bits per heavy atom. The number of carbonyl (C=O) groups excluding carboxylic acids is 3. The molecule has 1 rings (SSSR count). The summed E-state index contributed by atoms with van der Waals surface area (Å²) < 4.78 is 0. The normalized spacial score (nSPS) is 17.4. The quantitative estimate of drug-likeness (QED) is 0.500. The van der Waals surface area contributed by atoms with Gasteiger partial charge in [0, 0.05) is 25.9 Å². The predicted molar refractivity (Wildman–Crippen MR) is 66.4 cm³/mol. The fourth-order valence-corrected chi connectivity index (χ4v) is 1.74. The lowest BCUT2D eigenvalue weighted by molar-refractivity contribution is -0.138. The number of likely N-dealkylation sites (tertiary alicyclic amines) is 1. The van der Waals surface area contributed by atoms with E-state index in [1.54, 1.807) is 0 Å². The average molecular weight is 255 g/mol. The Morgan fingerprint density at radius 1 is 1.33 bits per heavy atom. The van der Waals surface area contributed by atoms with Crippen LogP contribution in [0.2, 0.25) is 0 Å². The summed E-state index contributed by atoms with van der Waals surface area (Å²) in [7, 11) is 0. The third-order valence-corrected chi connectivity index (χ3v) is 3.03. The van der Waals surface area contributed by atoms with Crippen molar-refractivity contribution in [3.05, 3.63) is 0 Å². The summed E-state index contributed by atoms with van der Waals surface area (Å²) in [5.74, 6) is -0.341. The molecule has 1 aliphatic rings. The van der Waals surface area contributed by atoms with Gasteiger partial charge in [0.25, 0.3) is 0 Å². The molecule has 0 aliphatic carbocycles. The largest absolute Gasteiger partial charge is 0.355 e. The number of nitrogens with one attached hydrogen (secondary N) is 1. The van der Waals surface area contributed by atoms with E-state index in [0.29, 0.717) is 32.4 Å². The second-order valence-corrected chi connectivity index (χ2v) is 4.85. The number of hydrogen-bond donors (Lipinski definition) is 2. The first-order valence-corrected chi connectivity index (χ1v) is 6.30. The highest BCUT2D eigenvalue weighted by Crippen LogP contribution is 2.11. The topological polar surface area (TPSA) is 92.5 Å². The maximum atomic E-state index is 11.5. The van der Waals surface area contributed by atoms with Gasteiger partial charge in [-0.3, -0.25) is 19.3 Å². The second kappa shape index (κ2) is 6.49. The van der Waals surface area contributed by atoms with E-state index in [0.717, 1.165) is 0 Å². The molecule has 3 amide bonds. The van der Waals surface area contributed by atoms with Crippen molar-refractivity contribution in [3.8, 4) is 0 Å². The lowest BCUT2D eigenvalue weighted by Gasteiger charge is -2.16. The van der Waals surface area contributed by atoms with E-state index >= 15 is 0 Å². The van der Waals surface area contributed by atoms with Crippen molar-refractivity contribution in [3.63, 3.8) is 0 Å². The van der Waals surface area contributed by atoms with E-state index in [-0.39, 0.29) is 23.6 Å². The van der Waals surface area contributed by atoms with E-state index in [1.807, 2.05) is 13.8 Å². The van der Waals surface area contributed by atoms with E-state index < -0.39 is 6.04 Å². The summed E-state index contributed by atoms with van der Waals surface area (Å²) in [5, 5.41) is 2.70. The van der Waals surface area contributed by atoms with Crippen LogP contribution in [-0.2, 0) is 14.4 Å².